The van der Waals surface area contributed by atoms with E-state index in [2.05, 4.69) is 10.6 Å². The van der Waals surface area contributed by atoms with E-state index in [1.54, 1.807) is 47.4 Å². The van der Waals surface area contributed by atoms with Gasteiger partial charge in [-0.1, -0.05) is 49.2 Å². The molecule has 1 aliphatic rings. The maximum atomic E-state index is 12.8. The molecule has 0 unspecified atom stereocenters. The molecule has 176 valence electrons. The molecule has 0 bridgehead atoms. The van der Waals surface area contributed by atoms with E-state index in [1.165, 1.54) is 0 Å². The zero-order valence-corrected chi connectivity index (χ0v) is 20.2. The SMILES string of the molecule is CC(C)CNC(=O)c1ccccc1NC(=O)CN1CCN(C(=O)c2ccc(Cl)cc2Cl)CC1. The lowest BCUT2D eigenvalue weighted by atomic mass is 10.1. The number of para-hydroxylation sites is 1. The van der Waals surface area contributed by atoms with Crippen LogP contribution in [-0.4, -0.2) is 66.8 Å². The molecule has 1 saturated heterocycles. The zero-order chi connectivity index (χ0) is 24.0. The molecule has 0 spiro atoms. The summed E-state index contributed by atoms with van der Waals surface area (Å²) >= 11 is 12.1. The lowest BCUT2D eigenvalue weighted by molar-refractivity contribution is -0.117. The smallest absolute Gasteiger partial charge is 0.255 e. The molecular weight excluding hydrogens is 463 g/mol. The molecule has 3 amide bonds. The van der Waals surface area contributed by atoms with Crippen LogP contribution in [-0.2, 0) is 4.79 Å². The Balaban J connectivity index is 1.53. The quantitative estimate of drug-likeness (QED) is 0.618. The number of halogens is 2. The Labute approximate surface area is 204 Å². The van der Waals surface area contributed by atoms with Crippen LogP contribution in [0.25, 0.3) is 0 Å². The molecule has 0 aliphatic carbocycles. The van der Waals surface area contributed by atoms with Crippen molar-refractivity contribution in [3.8, 4) is 0 Å². The molecule has 1 heterocycles. The van der Waals surface area contributed by atoms with Crippen LogP contribution >= 0.6 is 23.2 Å². The molecule has 2 N–H and O–H groups in total. The molecule has 9 heteroatoms. The van der Waals surface area contributed by atoms with Gasteiger partial charge in [-0.15, -0.1) is 0 Å². The zero-order valence-electron chi connectivity index (χ0n) is 18.7. The van der Waals surface area contributed by atoms with Crippen molar-refractivity contribution in [2.75, 3.05) is 44.6 Å². The van der Waals surface area contributed by atoms with Crippen molar-refractivity contribution in [2.24, 2.45) is 5.92 Å². The van der Waals surface area contributed by atoms with Gasteiger partial charge in [-0.05, 0) is 36.2 Å². The number of carbonyl (C=O) groups excluding carboxylic acids is 3. The van der Waals surface area contributed by atoms with Crippen molar-refractivity contribution in [1.29, 1.82) is 0 Å². The van der Waals surface area contributed by atoms with Crippen molar-refractivity contribution >= 4 is 46.6 Å². The van der Waals surface area contributed by atoms with Gasteiger partial charge in [-0.25, -0.2) is 0 Å². The van der Waals surface area contributed by atoms with E-state index in [4.69, 9.17) is 23.2 Å². The Morgan fingerprint density at radius 2 is 1.67 bits per heavy atom. The van der Waals surface area contributed by atoms with Gasteiger partial charge in [-0.2, -0.15) is 0 Å². The standard InChI is InChI=1S/C24H28Cl2N4O3/c1-16(2)14-27-23(32)19-5-3-4-6-21(19)28-22(31)15-29-9-11-30(12-10-29)24(33)18-8-7-17(25)13-20(18)26/h3-8,13,16H,9-12,14-15H2,1-2H3,(H,27,32)(H,28,31). The minimum atomic E-state index is -0.215. The van der Waals surface area contributed by atoms with E-state index >= 15 is 0 Å². The second-order valence-electron chi connectivity index (χ2n) is 8.39. The third kappa shape index (κ3) is 6.93. The largest absolute Gasteiger partial charge is 0.352 e. The molecule has 2 aromatic rings. The number of hydrogen-bond acceptors (Lipinski definition) is 4. The number of nitrogens with zero attached hydrogens (tertiary/aromatic N) is 2. The van der Waals surface area contributed by atoms with Gasteiger partial charge < -0.3 is 15.5 Å². The van der Waals surface area contributed by atoms with Crippen LogP contribution in [0.15, 0.2) is 42.5 Å². The summed E-state index contributed by atoms with van der Waals surface area (Å²) in [5, 5.41) is 6.52. The van der Waals surface area contributed by atoms with E-state index < -0.39 is 0 Å². The lowest BCUT2D eigenvalue weighted by Gasteiger charge is -2.34. The van der Waals surface area contributed by atoms with Gasteiger partial charge in [0.15, 0.2) is 0 Å². The summed E-state index contributed by atoms with van der Waals surface area (Å²) in [6.07, 6.45) is 0. The second kappa shape index (κ2) is 11.5. The molecule has 1 fully saturated rings. The summed E-state index contributed by atoms with van der Waals surface area (Å²) in [6.45, 7) is 6.86. The van der Waals surface area contributed by atoms with Gasteiger partial charge in [0.25, 0.3) is 11.8 Å². The summed E-state index contributed by atoms with van der Waals surface area (Å²) in [5.41, 5.74) is 1.33. The molecule has 33 heavy (non-hydrogen) atoms. The maximum absolute atomic E-state index is 12.8. The summed E-state index contributed by atoms with van der Waals surface area (Å²) in [7, 11) is 0. The molecule has 2 aromatic carbocycles. The normalized spacial score (nSPS) is 14.3. The van der Waals surface area contributed by atoms with Crippen LogP contribution in [0, 0.1) is 5.92 Å². The van der Waals surface area contributed by atoms with E-state index in [-0.39, 0.29) is 24.3 Å². The topological polar surface area (TPSA) is 81.8 Å². The number of nitrogens with one attached hydrogen (secondary N) is 2. The highest BCUT2D eigenvalue weighted by Gasteiger charge is 2.25. The molecule has 0 saturated carbocycles. The van der Waals surface area contributed by atoms with Crippen LogP contribution in [0.3, 0.4) is 0 Å². The Morgan fingerprint density at radius 1 is 0.970 bits per heavy atom. The van der Waals surface area contributed by atoms with E-state index in [1.807, 2.05) is 18.7 Å². The fourth-order valence-corrected chi connectivity index (χ4v) is 4.01. The maximum Gasteiger partial charge on any atom is 0.255 e. The predicted molar refractivity (Wildman–Crippen MR) is 131 cm³/mol. The Morgan fingerprint density at radius 3 is 2.33 bits per heavy atom. The molecule has 0 atom stereocenters. The highest BCUT2D eigenvalue weighted by molar-refractivity contribution is 6.36. The first kappa shape index (κ1) is 25.0. The van der Waals surface area contributed by atoms with Crippen molar-refractivity contribution in [3.05, 3.63) is 63.6 Å². The van der Waals surface area contributed by atoms with Crippen molar-refractivity contribution in [3.63, 3.8) is 0 Å². The summed E-state index contributed by atoms with van der Waals surface area (Å²) in [6, 6.07) is 11.8. The number of carbonyl (C=O) groups is 3. The molecule has 1 aliphatic heterocycles. The first-order chi connectivity index (χ1) is 15.7. The number of anilines is 1. The van der Waals surface area contributed by atoms with Gasteiger partial charge in [-0.3, -0.25) is 19.3 Å². The Kier molecular flexibility index (Phi) is 8.72. The van der Waals surface area contributed by atoms with Crippen molar-refractivity contribution in [1.82, 2.24) is 15.1 Å². The average Bonchev–Trinajstić information content (AvgIpc) is 2.78. The first-order valence-electron chi connectivity index (χ1n) is 10.9. The van der Waals surface area contributed by atoms with Crippen LogP contribution in [0.1, 0.15) is 34.6 Å². The van der Waals surface area contributed by atoms with Crippen molar-refractivity contribution < 1.29 is 14.4 Å². The van der Waals surface area contributed by atoms with Gasteiger partial charge in [0.1, 0.15) is 0 Å². The third-order valence-corrected chi connectivity index (χ3v) is 5.85. The van der Waals surface area contributed by atoms with Gasteiger partial charge >= 0.3 is 0 Å². The predicted octanol–water partition coefficient (Wildman–Crippen LogP) is 3.78. The monoisotopic (exact) mass is 490 g/mol. The minimum absolute atomic E-state index is 0.151. The number of benzene rings is 2. The van der Waals surface area contributed by atoms with Gasteiger partial charge in [0.05, 0.1) is 28.4 Å². The highest BCUT2D eigenvalue weighted by Crippen LogP contribution is 2.23. The first-order valence-corrected chi connectivity index (χ1v) is 11.6. The lowest BCUT2D eigenvalue weighted by Crippen LogP contribution is -2.50. The second-order valence-corrected chi connectivity index (χ2v) is 9.23. The molecule has 3 rings (SSSR count). The average molecular weight is 491 g/mol. The van der Waals surface area contributed by atoms with E-state index in [0.29, 0.717) is 65.5 Å². The van der Waals surface area contributed by atoms with Crippen LogP contribution in [0.5, 0.6) is 0 Å². The summed E-state index contributed by atoms with van der Waals surface area (Å²) in [4.78, 5) is 41.6. The van der Waals surface area contributed by atoms with E-state index in [9.17, 15) is 14.4 Å². The van der Waals surface area contributed by atoms with Gasteiger partial charge in [0.2, 0.25) is 5.91 Å². The molecule has 0 aromatic heterocycles. The minimum Gasteiger partial charge on any atom is -0.352 e. The fourth-order valence-electron chi connectivity index (χ4n) is 3.52. The molecule has 7 nitrogen and oxygen atoms in total. The number of rotatable bonds is 7. The fraction of sp³-hybridized carbons (Fsp3) is 0.375. The Hall–Kier alpha value is -2.61. The number of hydrogen-bond donors (Lipinski definition) is 2. The summed E-state index contributed by atoms with van der Waals surface area (Å²) < 4.78 is 0. The van der Waals surface area contributed by atoms with E-state index in [0.717, 1.165) is 0 Å². The number of amides is 3. The molecular formula is C24H28Cl2N4O3. The van der Waals surface area contributed by atoms with Crippen LogP contribution < -0.4 is 10.6 Å². The summed E-state index contributed by atoms with van der Waals surface area (Å²) in [5.74, 6) is -0.244. The van der Waals surface area contributed by atoms with Gasteiger partial charge in [0, 0.05) is 37.7 Å². The highest BCUT2D eigenvalue weighted by atomic mass is 35.5. The van der Waals surface area contributed by atoms with Crippen molar-refractivity contribution in [2.45, 2.75) is 13.8 Å². The molecule has 0 radical (unpaired) electrons. The van der Waals surface area contributed by atoms with Crippen LogP contribution in [0.2, 0.25) is 10.0 Å². The number of piperazine rings is 1. The third-order valence-electron chi connectivity index (χ3n) is 5.30. The Bertz CT molecular complexity index is 1020. The van der Waals surface area contributed by atoms with Crippen LogP contribution in [0.4, 0.5) is 5.69 Å².